The minimum absolute atomic E-state index is 0.209. The van der Waals surface area contributed by atoms with Gasteiger partial charge in [-0.3, -0.25) is 4.90 Å². The standard InChI is InChI=1S/C17H26BrN3/c1-13(19)10-14-5-6-15(18)11-17(14)21-9-8-20-7-3-2-4-16(20)12-21/h5-6,11,13,16H,2-4,7-10,12,19H2,1H3. The number of fused-ring (bicyclic) bond motifs is 1. The Hall–Kier alpha value is -0.580. The summed E-state index contributed by atoms with van der Waals surface area (Å²) in [6, 6.07) is 7.60. The van der Waals surface area contributed by atoms with Crippen LogP contribution in [0.3, 0.4) is 0 Å². The quantitative estimate of drug-likeness (QED) is 0.908. The van der Waals surface area contributed by atoms with Crippen molar-refractivity contribution in [2.75, 3.05) is 31.1 Å². The Morgan fingerprint density at radius 2 is 2.14 bits per heavy atom. The number of benzene rings is 1. The summed E-state index contributed by atoms with van der Waals surface area (Å²) in [4.78, 5) is 5.26. The summed E-state index contributed by atoms with van der Waals surface area (Å²) < 4.78 is 1.16. The number of piperidine rings is 1. The van der Waals surface area contributed by atoms with Crippen molar-refractivity contribution >= 4 is 21.6 Å². The molecule has 0 aromatic heterocycles. The zero-order valence-electron chi connectivity index (χ0n) is 12.9. The van der Waals surface area contributed by atoms with Crippen molar-refractivity contribution < 1.29 is 0 Å². The molecule has 2 unspecified atom stereocenters. The molecule has 21 heavy (non-hydrogen) atoms. The molecule has 0 saturated carbocycles. The number of hydrogen-bond donors (Lipinski definition) is 1. The monoisotopic (exact) mass is 351 g/mol. The molecule has 0 radical (unpaired) electrons. The second-order valence-electron chi connectivity index (χ2n) is 6.59. The van der Waals surface area contributed by atoms with Crippen LogP contribution in [0.5, 0.6) is 0 Å². The minimum atomic E-state index is 0.209. The lowest BCUT2D eigenvalue weighted by Crippen LogP contribution is -2.55. The molecule has 1 aromatic carbocycles. The Bertz CT molecular complexity index is 489. The molecule has 2 atom stereocenters. The van der Waals surface area contributed by atoms with E-state index in [2.05, 4.69) is 50.9 Å². The van der Waals surface area contributed by atoms with E-state index in [0.717, 1.165) is 23.5 Å². The largest absolute Gasteiger partial charge is 0.368 e. The van der Waals surface area contributed by atoms with Gasteiger partial charge in [0.1, 0.15) is 0 Å². The molecule has 0 amide bonds. The van der Waals surface area contributed by atoms with Crippen LogP contribution in [0.25, 0.3) is 0 Å². The SMILES string of the molecule is CC(N)Cc1ccc(Br)cc1N1CCN2CCCCC2C1. The Morgan fingerprint density at radius 1 is 1.29 bits per heavy atom. The molecule has 116 valence electrons. The van der Waals surface area contributed by atoms with Crippen molar-refractivity contribution in [3.8, 4) is 0 Å². The normalized spacial score (nSPS) is 24.7. The molecular formula is C17H26BrN3. The second kappa shape index (κ2) is 6.67. The minimum Gasteiger partial charge on any atom is -0.368 e. The van der Waals surface area contributed by atoms with Crippen molar-refractivity contribution in [3.63, 3.8) is 0 Å². The van der Waals surface area contributed by atoms with Crippen molar-refractivity contribution in [1.29, 1.82) is 0 Å². The van der Waals surface area contributed by atoms with Gasteiger partial charge in [0.25, 0.3) is 0 Å². The third-order valence-electron chi connectivity index (χ3n) is 4.77. The van der Waals surface area contributed by atoms with E-state index < -0.39 is 0 Å². The number of hydrogen-bond acceptors (Lipinski definition) is 3. The van der Waals surface area contributed by atoms with E-state index in [-0.39, 0.29) is 6.04 Å². The van der Waals surface area contributed by atoms with Crippen LogP contribution in [0.2, 0.25) is 0 Å². The van der Waals surface area contributed by atoms with Crippen LogP contribution >= 0.6 is 15.9 Å². The summed E-state index contributed by atoms with van der Waals surface area (Å²) in [6.45, 7) is 6.89. The van der Waals surface area contributed by atoms with E-state index in [1.165, 1.54) is 50.1 Å². The van der Waals surface area contributed by atoms with Crippen molar-refractivity contribution in [2.24, 2.45) is 5.73 Å². The molecule has 0 aliphatic carbocycles. The third-order valence-corrected chi connectivity index (χ3v) is 5.26. The summed E-state index contributed by atoms with van der Waals surface area (Å²) in [5.41, 5.74) is 8.80. The van der Waals surface area contributed by atoms with Crippen LogP contribution < -0.4 is 10.6 Å². The highest BCUT2D eigenvalue weighted by Gasteiger charge is 2.29. The molecule has 0 spiro atoms. The van der Waals surface area contributed by atoms with Gasteiger partial charge in [0.05, 0.1) is 0 Å². The molecule has 2 N–H and O–H groups in total. The molecule has 1 aromatic rings. The zero-order chi connectivity index (χ0) is 14.8. The van der Waals surface area contributed by atoms with Gasteiger partial charge in [-0.1, -0.05) is 28.4 Å². The predicted molar refractivity (Wildman–Crippen MR) is 92.9 cm³/mol. The molecule has 2 fully saturated rings. The van der Waals surface area contributed by atoms with Gasteiger partial charge in [-0.15, -0.1) is 0 Å². The Morgan fingerprint density at radius 3 is 2.95 bits per heavy atom. The number of rotatable bonds is 3. The van der Waals surface area contributed by atoms with Gasteiger partial charge in [0.2, 0.25) is 0 Å². The lowest BCUT2D eigenvalue weighted by atomic mass is 9.98. The molecule has 2 heterocycles. The smallest absolute Gasteiger partial charge is 0.0411 e. The summed E-state index contributed by atoms with van der Waals surface area (Å²) >= 11 is 3.63. The molecule has 4 heteroatoms. The summed E-state index contributed by atoms with van der Waals surface area (Å²) in [5, 5.41) is 0. The maximum atomic E-state index is 6.03. The van der Waals surface area contributed by atoms with Crippen LogP contribution in [-0.2, 0) is 6.42 Å². The fourth-order valence-electron chi connectivity index (χ4n) is 3.73. The van der Waals surface area contributed by atoms with E-state index in [1.807, 2.05) is 0 Å². The molecule has 2 aliphatic rings. The molecule has 2 aliphatic heterocycles. The summed E-state index contributed by atoms with van der Waals surface area (Å²) in [7, 11) is 0. The number of nitrogens with zero attached hydrogens (tertiary/aromatic N) is 2. The lowest BCUT2D eigenvalue weighted by Gasteiger charge is -2.45. The van der Waals surface area contributed by atoms with Gasteiger partial charge >= 0.3 is 0 Å². The fraction of sp³-hybridized carbons (Fsp3) is 0.647. The number of anilines is 1. The highest BCUT2D eigenvalue weighted by atomic mass is 79.9. The van der Waals surface area contributed by atoms with E-state index in [9.17, 15) is 0 Å². The molecular weight excluding hydrogens is 326 g/mol. The first-order valence-electron chi connectivity index (χ1n) is 8.16. The summed E-state index contributed by atoms with van der Waals surface area (Å²) in [6.07, 6.45) is 5.07. The average molecular weight is 352 g/mol. The maximum absolute atomic E-state index is 6.03. The average Bonchev–Trinajstić information content (AvgIpc) is 2.48. The first-order valence-corrected chi connectivity index (χ1v) is 8.96. The second-order valence-corrected chi connectivity index (χ2v) is 7.50. The Labute approximate surface area is 136 Å². The van der Waals surface area contributed by atoms with E-state index in [1.54, 1.807) is 0 Å². The predicted octanol–water partition coefficient (Wildman–Crippen LogP) is 3.01. The van der Waals surface area contributed by atoms with Crippen LogP contribution in [-0.4, -0.2) is 43.2 Å². The highest BCUT2D eigenvalue weighted by Crippen LogP contribution is 2.30. The van der Waals surface area contributed by atoms with Gasteiger partial charge in [-0.2, -0.15) is 0 Å². The van der Waals surface area contributed by atoms with Crippen LogP contribution in [0.1, 0.15) is 31.7 Å². The van der Waals surface area contributed by atoms with E-state index >= 15 is 0 Å². The topological polar surface area (TPSA) is 32.5 Å². The molecule has 3 nitrogen and oxygen atoms in total. The molecule has 0 bridgehead atoms. The van der Waals surface area contributed by atoms with Gasteiger partial charge in [-0.05, 0) is 50.4 Å². The first-order chi connectivity index (χ1) is 10.1. The van der Waals surface area contributed by atoms with Crippen molar-refractivity contribution in [1.82, 2.24) is 4.90 Å². The van der Waals surface area contributed by atoms with Gasteiger partial charge < -0.3 is 10.6 Å². The third kappa shape index (κ3) is 3.61. The number of halogens is 1. The van der Waals surface area contributed by atoms with Gasteiger partial charge in [0, 0.05) is 41.9 Å². The Kier molecular flexibility index (Phi) is 4.87. The van der Waals surface area contributed by atoms with Crippen LogP contribution in [0.15, 0.2) is 22.7 Å². The summed E-state index contributed by atoms with van der Waals surface area (Å²) in [5.74, 6) is 0. The number of piperazine rings is 1. The van der Waals surface area contributed by atoms with Gasteiger partial charge in [0.15, 0.2) is 0 Å². The highest BCUT2D eigenvalue weighted by molar-refractivity contribution is 9.10. The molecule has 3 rings (SSSR count). The van der Waals surface area contributed by atoms with E-state index in [4.69, 9.17) is 5.73 Å². The first kappa shape index (κ1) is 15.3. The number of nitrogens with two attached hydrogens (primary N) is 1. The van der Waals surface area contributed by atoms with E-state index in [0.29, 0.717) is 0 Å². The van der Waals surface area contributed by atoms with Crippen LogP contribution in [0, 0.1) is 0 Å². The van der Waals surface area contributed by atoms with Crippen LogP contribution in [0.4, 0.5) is 5.69 Å². The Balaban J connectivity index is 1.80. The lowest BCUT2D eigenvalue weighted by molar-refractivity contribution is 0.133. The van der Waals surface area contributed by atoms with Crippen molar-refractivity contribution in [2.45, 2.75) is 44.7 Å². The fourth-order valence-corrected chi connectivity index (χ4v) is 4.07. The molecule has 2 saturated heterocycles. The van der Waals surface area contributed by atoms with Gasteiger partial charge in [-0.25, -0.2) is 0 Å². The van der Waals surface area contributed by atoms with Crippen molar-refractivity contribution in [3.05, 3.63) is 28.2 Å². The maximum Gasteiger partial charge on any atom is 0.0411 e. The zero-order valence-corrected chi connectivity index (χ0v) is 14.5.